The Morgan fingerprint density at radius 1 is 1.37 bits per heavy atom. The van der Waals surface area contributed by atoms with Gasteiger partial charge in [-0.2, -0.15) is 0 Å². The molecule has 108 valence electrons. The number of hydrogen-bond acceptors (Lipinski definition) is 3. The van der Waals surface area contributed by atoms with E-state index in [4.69, 9.17) is 16.7 Å². The Kier molecular flexibility index (Phi) is 7.36. The zero-order valence-corrected chi connectivity index (χ0v) is 12.8. The maximum Gasteiger partial charge on any atom is 0.129 e. The third-order valence-corrected chi connectivity index (χ3v) is 3.51. The molecule has 0 aliphatic carbocycles. The smallest absolute Gasteiger partial charge is 0.129 e. The molecule has 0 saturated heterocycles. The Labute approximate surface area is 121 Å². The van der Waals surface area contributed by atoms with Crippen LogP contribution in [-0.4, -0.2) is 23.2 Å². The van der Waals surface area contributed by atoms with Crippen LogP contribution in [0.1, 0.15) is 45.2 Å². The van der Waals surface area contributed by atoms with Crippen molar-refractivity contribution >= 4 is 11.6 Å². The van der Waals surface area contributed by atoms with E-state index < -0.39 is 0 Å². The largest absolute Gasteiger partial charge is 0.396 e. The van der Waals surface area contributed by atoms with Gasteiger partial charge in [0.05, 0.1) is 0 Å². The van der Waals surface area contributed by atoms with Crippen molar-refractivity contribution in [3.8, 4) is 0 Å². The van der Waals surface area contributed by atoms with Gasteiger partial charge in [-0.05, 0) is 55.8 Å². The quantitative estimate of drug-likeness (QED) is 0.719. The highest BCUT2D eigenvalue weighted by Crippen LogP contribution is 2.18. The summed E-state index contributed by atoms with van der Waals surface area (Å²) in [6.07, 6.45) is 3.72. The predicted molar refractivity (Wildman–Crippen MR) is 80.3 cm³/mol. The fourth-order valence-corrected chi connectivity index (χ4v) is 2.48. The summed E-state index contributed by atoms with van der Waals surface area (Å²) in [7, 11) is 0. The van der Waals surface area contributed by atoms with Gasteiger partial charge in [0.15, 0.2) is 0 Å². The van der Waals surface area contributed by atoms with Gasteiger partial charge >= 0.3 is 0 Å². The Balaban J connectivity index is 2.49. The van der Waals surface area contributed by atoms with Gasteiger partial charge in [-0.1, -0.05) is 25.4 Å². The lowest BCUT2D eigenvalue weighted by atomic mass is 9.94. The second-order valence-electron chi connectivity index (χ2n) is 5.55. The summed E-state index contributed by atoms with van der Waals surface area (Å²) in [5.41, 5.74) is 1.15. The highest BCUT2D eigenvalue weighted by molar-refractivity contribution is 6.29. The van der Waals surface area contributed by atoms with Crippen LogP contribution in [0.5, 0.6) is 0 Å². The van der Waals surface area contributed by atoms with Crippen molar-refractivity contribution in [3.63, 3.8) is 0 Å². The molecule has 2 N–H and O–H groups in total. The first-order chi connectivity index (χ1) is 9.02. The topological polar surface area (TPSA) is 45.1 Å². The lowest BCUT2D eigenvalue weighted by Gasteiger charge is -2.22. The Bertz CT molecular complexity index is 371. The van der Waals surface area contributed by atoms with Gasteiger partial charge in [-0.25, -0.2) is 4.98 Å². The number of aliphatic hydroxyl groups excluding tert-OH is 1. The van der Waals surface area contributed by atoms with Gasteiger partial charge in [0.1, 0.15) is 5.15 Å². The van der Waals surface area contributed by atoms with Gasteiger partial charge in [0.2, 0.25) is 0 Å². The van der Waals surface area contributed by atoms with E-state index in [9.17, 15) is 0 Å². The lowest BCUT2D eigenvalue weighted by molar-refractivity contribution is 0.237. The van der Waals surface area contributed by atoms with Gasteiger partial charge < -0.3 is 10.4 Å². The van der Waals surface area contributed by atoms with Crippen molar-refractivity contribution in [2.24, 2.45) is 11.8 Å². The molecule has 0 spiro atoms. The van der Waals surface area contributed by atoms with Gasteiger partial charge in [-0.3, -0.25) is 0 Å². The zero-order chi connectivity index (χ0) is 14.3. The minimum Gasteiger partial charge on any atom is -0.396 e. The minimum absolute atomic E-state index is 0.244. The summed E-state index contributed by atoms with van der Waals surface area (Å²) in [4.78, 5) is 3.99. The first-order valence-corrected chi connectivity index (χ1v) is 7.36. The average molecular weight is 285 g/mol. The molecule has 0 radical (unpaired) electrons. The highest BCUT2D eigenvalue weighted by atomic mass is 35.5. The third kappa shape index (κ3) is 6.37. The first-order valence-electron chi connectivity index (χ1n) is 6.98. The van der Waals surface area contributed by atoms with E-state index in [1.54, 1.807) is 6.20 Å². The van der Waals surface area contributed by atoms with Crippen molar-refractivity contribution < 1.29 is 5.11 Å². The Hall–Kier alpha value is -0.640. The fraction of sp³-hybridized carbons (Fsp3) is 0.667. The molecule has 0 aliphatic heterocycles. The molecule has 0 bridgehead atoms. The van der Waals surface area contributed by atoms with E-state index in [1.807, 2.05) is 12.1 Å². The molecule has 0 aliphatic rings. The number of halogens is 1. The highest BCUT2D eigenvalue weighted by Gasteiger charge is 2.13. The second-order valence-corrected chi connectivity index (χ2v) is 5.94. The molecular formula is C15H25ClN2O. The van der Waals surface area contributed by atoms with E-state index in [0.29, 0.717) is 17.0 Å². The van der Waals surface area contributed by atoms with Crippen LogP contribution >= 0.6 is 11.6 Å². The molecule has 2 unspecified atom stereocenters. The lowest BCUT2D eigenvalue weighted by Crippen LogP contribution is -2.27. The molecule has 1 rings (SSSR count). The number of hydrogen-bond donors (Lipinski definition) is 2. The first kappa shape index (κ1) is 16.4. The van der Waals surface area contributed by atoms with Crippen LogP contribution in [0, 0.1) is 11.8 Å². The van der Waals surface area contributed by atoms with Crippen molar-refractivity contribution in [2.75, 3.05) is 13.2 Å². The summed E-state index contributed by atoms with van der Waals surface area (Å²) in [6.45, 7) is 7.73. The monoisotopic (exact) mass is 284 g/mol. The molecule has 0 saturated carbocycles. The summed E-state index contributed by atoms with van der Waals surface area (Å²) < 4.78 is 0. The van der Waals surface area contributed by atoms with Crippen LogP contribution in [0.25, 0.3) is 0 Å². The number of pyridine rings is 1. The molecule has 0 aromatic carbocycles. The van der Waals surface area contributed by atoms with Crippen LogP contribution in [0.3, 0.4) is 0 Å². The van der Waals surface area contributed by atoms with E-state index in [0.717, 1.165) is 24.9 Å². The molecule has 0 fully saturated rings. The standard InChI is InChI=1S/C15H25ClN2O/c1-11(2)8-13(5-7-19)10-18-12(3)14-4-6-17-15(16)9-14/h4,6,9,11-13,18-19H,5,7-8,10H2,1-3H3. The van der Waals surface area contributed by atoms with E-state index in [2.05, 4.69) is 31.1 Å². The maximum atomic E-state index is 9.11. The molecule has 2 atom stereocenters. The van der Waals surface area contributed by atoms with Crippen LogP contribution in [0.4, 0.5) is 0 Å². The number of rotatable bonds is 8. The number of nitrogens with one attached hydrogen (secondary N) is 1. The van der Waals surface area contributed by atoms with Gasteiger partial charge in [0, 0.05) is 18.8 Å². The van der Waals surface area contributed by atoms with Gasteiger partial charge in [0.25, 0.3) is 0 Å². The van der Waals surface area contributed by atoms with Crippen molar-refractivity contribution in [1.82, 2.24) is 10.3 Å². The maximum absolute atomic E-state index is 9.11. The average Bonchev–Trinajstić information content (AvgIpc) is 2.35. The van der Waals surface area contributed by atoms with Crippen LogP contribution in [0.15, 0.2) is 18.3 Å². The normalized spacial score (nSPS) is 14.6. The second kappa shape index (κ2) is 8.51. The molecule has 1 aromatic rings. The molecule has 1 aromatic heterocycles. The van der Waals surface area contributed by atoms with Crippen LogP contribution < -0.4 is 5.32 Å². The van der Waals surface area contributed by atoms with Crippen molar-refractivity contribution in [1.29, 1.82) is 0 Å². The van der Waals surface area contributed by atoms with E-state index >= 15 is 0 Å². The molecule has 4 heteroatoms. The Morgan fingerprint density at radius 2 is 2.11 bits per heavy atom. The van der Waals surface area contributed by atoms with Crippen molar-refractivity contribution in [2.45, 2.75) is 39.7 Å². The SMILES string of the molecule is CC(C)CC(CCO)CNC(C)c1ccnc(Cl)c1. The zero-order valence-electron chi connectivity index (χ0n) is 12.1. The predicted octanol–water partition coefficient (Wildman–Crippen LogP) is 3.43. The fourth-order valence-electron chi connectivity index (χ4n) is 2.30. The third-order valence-electron chi connectivity index (χ3n) is 3.31. The van der Waals surface area contributed by atoms with Crippen molar-refractivity contribution in [3.05, 3.63) is 29.0 Å². The molecule has 1 heterocycles. The van der Waals surface area contributed by atoms with Gasteiger partial charge in [-0.15, -0.1) is 0 Å². The van der Waals surface area contributed by atoms with Crippen LogP contribution in [0.2, 0.25) is 5.15 Å². The number of aliphatic hydroxyl groups is 1. The number of aromatic nitrogens is 1. The molecule has 3 nitrogen and oxygen atoms in total. The molecular weight excluding hydrogens is 260 g/mol. The summed E-state index contributed by atoms with van der Waals surface area (Å²) in [6, 6.07) is 4.12. The molecule has 0 amide bonds. The van der Waals surface area contributed by atoms with Crippen LogP contribution in [-0.2, 0) is 0 Å². The summed E-state index contributed by atoms with van der Waals surface area (Å²) >= 11 is 5.90. The number of nitrogens with zero attached hydrogens (tertiary/aromatic N) is 1. The minimum atomic E-state index is 0.244. The molecule has 19 heavy (non-hydrogen) atoms. The van der Waals surface area contributed by atoms with E-state index in [-0.39, 0.29) is 12.6 Å². The summed E-state index contributed by atoms with van der Waals surface area (Å²) in [5, 5.41) is 13.2. The summed E-state index contributed by atoms with van der Waals surface area (Å²) in [5.74, 6) is 1.17. The van der Waals surface area contributed by atoms with E-state index in [1.165, 1.54) is 0 Å². The Morgan fingerprint density at radius 3 is 2.68 bits per heavy atom.